The van der Waals surface area contributed by atoms with Crippen LogP contribution < -0.4 is 0 Å². The monoisotopic (exact) mass is 434 g/mol. The Hall–Kier alpha value is -0.130. The first-order valence-electron chi connectivity index (χ1n) is 12.4. The molecule has 0 atom stereocenters. The normalized spacial score (nSPS) is 12.6. The minimum absolute atomic E-state index is 0.644. The molecule has 0 aromatic rings. The molecule has 0 aliphatic rings. The first-order chi connectivity index (χ1) is 13.8. The van der Waals surface area contributed by atoms with Crippen molar-refractivity contribution in [3.8, 4) is 0 Å². The van der Waals surface area contributed by atoms with Crippen molar-refractivity contribution in [2.24, 2.45) is 0 Å². The average molecular weight is 435 g/mol. The highest BCUT2D eigenvalue weighted by Crippen LogP contribution is 2.21. The lowest BCUT2D eigenvalue weighted by Crippen LogP contribution is -2.27. The third kappa shape index (κ3) is 24.0. The maximum Gasteiger partial charge on any atom is 0.397 e. The molecule has 0 aliphatic carbocycles. The molecule has 0 radical (unpaired) electrons. The molecule has 0 unspecified atom stereocenters. The largest absolute Gasteiger partial charge is 0.397 e. The van der Waals surface area contributed by atoms with Crippen molar-refractivity contribution in [1.82, 2.24) is 0 Å². The van der Waals surface area contributed by atoms with Gasteiger partial charge in [-0.3, -0.25) is 4.55 Å². The molecule has 0 spiro atoms. The zero-order valence-electron chi connectivity index (χ0n) is 19.7. The van der Waals surface area contributed by atoms with Gasteiger partial charge in [0, 0.05) is 0 Å². The Balaban J connectivity index is 3.23. The molecule has 0 saturated carbocycles. The summed E-state index contributed by atoms with van der Waals surface area (Å²) in [5.41, 5.74) is -0.817. The van der Waals surface area contributed by atoms with Gasteiger partial charge in [0.2, 0.25) is 0 Å². The Labute approximate surface area is 182 Å². The molecule has 0 aliphatic heterocycles. The van der Waals surface area contributed by atoms with Crippen molar-refractivity contribution in [1.29, 1.82) is 0 Å². The summed E-state index contributed by atoms with van der Waals surface area (Å²) in [7, 11) is -4.36. The van der Waals surface area contributed by atoms with Gasteiger partial charge in [-0.05, 0) is 20.3 Å². The first-order valence-corrected chi connectivity index (χ1v) is 13.8. The van der Waals surface area contributed by atoms with E-state index in [4.69, 9.17) is 4.55 Å². The summed E-state index contributed by atoms with van der Waals surface area (Å²) >= 11 is 0. The van der Waals surface area contributed by atoms with Crippen molar-refractivity contribution >= 4 is 10.4 Å². The predicted octanol–water partition coefficient (Wildman–Crippen LogP) is 8.41. The van der Waals surface area contributed by atoms with Crippen molar-refractivity contribution in [2.75, 3.05) is 0 Å². The van der Waals surface area contributed by atoms with Crippen LogP contribution >= 0.6 is 0 Å². The zero-order valence-corrected chi connectivity index (χ0v) is 20.5. The van der Waals surface area contributed by atoms with Crippen molar-refractivity contribution in [3.63, 3.8) is 0 Å². The smallest absolute Gasteiger partial charge is 0.264 e. The first kappa shape index (κ1) is 28.9. The fourth-order valence-corrected chi connectivity index (χ4v) is 4.61. The molecule has 4 nitrogen and oxygen atoms in total. The molecule has 5 heteroatoms. The number of hydrogen-bond acceptors (Lipinski definition) is 3. The molecule has 1 N–H and O–H groups in total. The van der Waals surface area contributed by atoms with E-state index >= 15 is 0 Å². The van der Waals surface area contributed by atoms with Gasteiger partial charge in [0.05, 0.1) is 5.60 Å². The van der Waals surface area contributed by atoms with E-state index < -0.39 is 16.0 Å². The fraction of sp³-hybridized carbons (Fsp3) is 1.00. The van der Waals surface area contributed by atoms with E-state index in [1.54, 1.807) is 13.8 Å². The molecule has 29 heavy (non-hydrogen) atoms. The standard InChI is InChI=1S/C24H50O4S/c1-4-5-6-7-8-9-10-11-12-13-14-15-16-17-18-19-20-21-22-23-24(2,3)28-29(25,26)27/h4-23H2,1-3H3,(H,25,26,27). The van der Waals surface area contributed by atoms with Crippen LogP contribution in [0.3, 0.4) is 0 Å². The lowest BCUT2D eigenvalue weighted by Gasteiger charge is -2.22. The zero-order chi connectivity index (χ0) is 21.8. The van der Waals surface area contributed by atoms with E-state index in [0.29, 0.717) is 6.42 Å². The molecule has 0 bridgehead atoms. The van der Waals surface area contributed by atoms with Crippen LogP contribution in [0.4, 0.5) is 0 Å². The highest BCUT2D eigenvalue weighted by molar-refractivity contribution is 7.80. The van der Waals surface area contributed by atoms with Gasteiger partial charge in [0.15, 0.2) is 0 Å². The van der Waals surface area contributed by atoms with E-state index in [1.165, 1.54) is 109 Å². The van der Waals surface area contributed by atoms with Crippen LogP contribution in [0.5, 0.6) is 0 Å². The summed E-state index contributed by atoms with van der Waals surface area (Å²) in [5.74, 6) is 0. The second-order valence-electron chi connectivity index (χ2n) is 9.38. The summed E-state index contributed by atoms with van der Waals surface area (Å²) in [4.78, 5) is 0. The predicted molar refractivity (Wildman–Crippen MR) is 125 cm³/mol. The van der Waals surface area contributed by atoms with Gasteiger partial charge < -0.3 is 0 Å². The van der Waals surface area contributed by atoms with Crippen LogP contribution in [0.2, 0.25) is 0 Å². The minimum atomic E-state index is -4.36. The molecule has 0 aromatic carbocycles. The van der Waals surface area contributed by atoms with Crippen molar-refractivity contribution < 1.29 is 17.2 Å². The van der Waals surface area contributed by atoms with Crippen LogP contribution in [0.25, 0.3) is 0 Å². The van der Waals surface area contributed by atoms with Crippen LogP contribution in [0, 0.1) is 0 Å². The second kappa shape index (κ2) is 18.6. The highest BCUT2D eigenvalue weighted by atomic mass is 32.3. The topological polar surface area (TPSA) is 63.6 Å². The minimum Gasteiger partial charge on any atom is -0.264 e. The number of hydrogen-bond donors (Lipinski definition) is 1. The Morgan fingerprint density at radius 3 is 1.14 bits per heavy atom. The molecule has 0 saturated heterocycles. The van der Waals surface area contributed by atoms with Crippen molar-refractivity contribution in [2.45, 2.75) is 155 Å². The third-order valence-electron chi connectivity index (χ3n) is 5.71. The molecular formula is C24H50O4S. The van der Waals surface area contributed by atoms with E-state index in [1.807, 2.05) is 0 Å². The molecular weight excluding hydrogens is 384 g/mol. The van der Waals surface area contributed by atoms with Gasteiger partial charge in [-0.1, -0.05) is 129 Å². The van der Waals surface area contributed by atoms with E-state index in [-0.39, 0.29) is 0 Å². The van der Waals surface area contributed by atoms with Gasteiger partial charge in [0.1, 0.15) is 0 Å². The summed E-state index contributed by atoms with van der Waals surface area (Å²) < 4.78 is 35.0. The molecule has 0 heterocycles. The Kier molecular flexibility index (Phi) is 18.5. The number of rotatable bonds is 22. The van der Waals surface area contributed by atoms with Crippen LogP contribution in [-0.2, 0) is 14.6 Å². The third-order valence-corrected chi connectivity index (χ3v) is 6.38. The fourth-order valence-electron chi connectivity index (χ4n) is 3.96. The van der Waals surface area contributed by atoms with Crippen LogP contribution in [-0.4, -0.2) is 18.6 Å². The lowest BCUT2D eigenvalue weighted by molar-refractivity contribution is 0.0876. The summed E-state index contributed by atoms with van der Waals surface area (Å²) in [5, 5.41) is 0. The Morgan fingerprint density at radius 1 is 0.586 bits per heavy atom. The van der Waals surface area contributed by atoms with Gasteiger partial charge in [-0.2, -0.15) is 8.42 Å². The van der Waals surface area contributed by atoms with Crippen LogP contribution in [0.1, 0.15) is 149 Å². The van der Waals surface area contributed by atoms with Gasteiger partial charge in [-0.25, -0.2) is 4.18 Å². The van der Waals surface area contributed by atoms with Gasteiger partial charge in [-0.15, -0.1) is 0 Å². The van der Waals surface area contributed by atoms with Crippen molar-refractivity contribution in [3.05, 3.63) is 0 Å². The van der Waals surface area contributed by atoms with E-state index in [9.17, 15) is 8.42 Å². The highest BCUT2D eigenvalue weighted by Gasteiger charge is 2.24. The molecule has 0 aromatic heterocycles. The quantitative estimate of drug-likeness (QED) is 0.137. The van der Waals surface area contributed by atoms with Gasteiger partial charge >= 0.3 is 10.4 Å². The van der Waals surface area contributed by atoms with E-state index in [2.05, 4.69) is 11.1 Å². The van der Waals surface area contributed by atoms with Crippen LogP contribution in [0.15, 0.2) is 0 Å². The lowest BCUT2D eigenvalue weighted by atomic mass is 9.99. The molecule has 0 fully saturated rings. The summed E-state index contributed by atoms with van der Waals surface area (Å²) in [6.45, 7) is 5.68. The maximum absolute atomic E-state index is 10.8. The molecule has 176 valence electrons. The van der Waals surface area contributed by atoms with E-state index in [0.717, 1.165) is 12.8 Å². The van der Waals surface area contributed by atoms with Gasteiger partial charge in [0.25, 0.3) is 0 Å². The molecule has 0 amide bonds. The SMILES string of the molecule is CCCCCCCCCCCCCCCCCCCCCC(C)(C)OS(=O)(=O)O. The Morgan fingerprint density at radius 2 is 0.862 bits per heavy atom. The summed E-state index contributed by atoms with van der Waals surface area (Å²) in [6.07, 6.45) is 26.1. The maximum atomic E-state index is 10.8. The number of unbranched alkanes of at least 4 members (excludes halogenated alkanes) is 18. The Bertz CT molecular complexity index is 446. The summed E-state index contributed by atoms with van der Waals surface area (Å²) in [6, 6.07) is 0. The second-order valence-corrected chi connectivity index (χ2v) is 10.4. The average Bonchev–Trinajstić information content (AvgIpc) is 2.61. The molecule has 0 rings (SSSR count).